The number of piperazine rings is 1. The van der Waals surface area contributed by atoms with Crippen LogP contribution in [0.3, 0.4) is 0 Å². The molecule has 0 radical (unpaired) electrons. The number of nitrogens with one attached hydrogen (secondary N) is 1. The third-order valence-electron chi connectivity index (χ3n) is 5.10. The third-order valence-corrected chi connectivity index (χ3v) is 5.82. The van der Waals surface area contributed by atoms with Crippen LogP contribution in [-0.2, 0) is 6.54 Å². The average molecular weight is 372 g/mol. The van der Waals surface area contributed by atoms with Gasteiger partial charge in [-0.2, -0.15) is 0 Å². The van der Waals surface area contributed by atoms with Gasteiger partial charge in [-0.05, 0) is 36.9 Å². The van der Waals surface area contributed by atoms with Crippen LogP contribution in [0.4, 0.5) is 0 Å². The first kappa shape index (κ1) is 18.8. The van der Waals surface area contributed by atoms with Crippen molar-refractivity contribution in [2.24, 2.45) is 0 Å². The summed E-state index contributed by atoms with van der Waals surface area (Å²) >= 11 is 1.65. The topological polar surface area (TPSA) is 34.0 Å². The summed E-state index contributed by atoms with van der Waals surface area (Å²) in [5.74, 6) is 0.737. The molecule has 138 valence electrons. The molecule has 1 fully saturated rings. The fraction of sp³-hybridized carbons (Fsp3) is 0.381. The summed E-state index contributed by atoms with van der Waals surface area (Å²) in [6, 6.07) is 14.4. The highest BCUT2D eigenvalue weighted by Crippen LogP contribution is 2.26. The fourth-order valence-corrected chi connectivity index (χ4v) is 3.86. The van der Waals surface area contributed by atoms with E-state index < -0.39 is 0 Å². The molecule has 5 heteroatoms. The van der Waals surface area contributed by atoms with E-state index in [1.165, 1.54) is 16.0 Å². The number of amides is 1. The number of carbonyl (C=O) groups is 1. The van der Waals surface area contributed by atoms with Crippen molar-refractivity contribution in [3.63, 3.8) is 0 Å². The molecule has 1 aliphatic rings. The van der Waals surface area contributed by atoms with Gasteiger partial charge in [-0.25, -0.2) is 0 Å². The second-order valence-electron chi connectivity index (χ2n) is 6.71. The predicted molar refractivity (Wildman–Crippen MR) is 106 cm³/mol. The molecule has 0 aliphatic carbocycles. The van der Waals surface area contributed by atoms with Gasteiger partial charge in [-0.1, -0.05) is 24.3 Å². The first-order valence-electron chi connectivity index (χ1n) is 9.01. The summed E-state index contributed by atoms with van der Waals surface area (Å²) in [5, 5.41) is 0. The summed E-state index contributed by atoms with van der Waals surface area (Å²) in [4.78, 5) is 17.5. The Morgan fingerprint density at radius 3 is 2.58 bits per heavy atom. The summed E-state index contributed by atoms with van der Waals surface area (Å²) in [6.45, 7) is 6.72. The van der Waals surface area contributed by atoms with Crippen molar-refractivity contribution in [2.75, 3.05) is 39.5 Å². The van der Waals surface area contributed by atoms with Gasteiger partial charge in [-0.3, -0.25) is 4.79 Å². The van der Waals surface area contributed by atoms with E-state index >= 15 is 0 Å². The molecule has 4 nitrogen and oxygen atoms in total. The maximum absolute atomic E-state index is 12.9. The largest absolute Gasteiger partial charge is 0.496 e. The molecule has 1 saturated heterocycles. The van der Waals surface area contributed by atoms with Crippen LogP contribution in [0.15, 0.2) is 47.4 Å². The van der Waals surface area contributed by atoms with E-state index in [2.05, 4.69) is 31.2 Å². The van der Waals surface area contributed by atoms with Gasteiger partial charge < -0.3 is 14.5 Å². The molecule has 0 bridgehead atoms. The zero-order valence-corrected chi connectivity index (χ0v) is 16.6. The molecule has 0 unspecified atom stereocenters. The molecule has 3 rings (SSSR count). The van der Waals surface area contributed by atoms with E-state index in [4.69, 9.17) is 4.74 Å². The van der Waals surface area contributed by atoms with Crippen LogP contribution in [-0.4, -0.2) is 50.4 Å². The van der Waals surface area contributed by atoms with Crippen molar-refractivity contribution < 1.29 is 14.4 Å². The molecule has 1 amide bonds. The number of rotatable bonds is 5. The fourth-order valence-electron chi connectivity index (χ4n) is 3.43. The van der Waals surface area contributed by atoms with Crippen LogP contribution >= 0.6 is 11.8 Å². The Morgan fingerprint density at radius 2 is 1.92 bits per heavy atom. The molecule has 1 heterocycles. The Hall–Kier alpha value is -1.98. The van der Waals surface area contributed by atoms with Gasteiger partial charge in [0.1, 0.15) is 12.3 Å². The Balaban J connectivity index is 1.63. The van der Waals surface area contributed by atoms with Gasteiger partial charge in [0.25, 0.3) is 5.91 Å². The van der Waals surface area contributed by atoms with Gasteiger partial charge in [-0.15, -0.1) is 11.8 Å². The van der Waals surface area contributed by atoms with Crippen molar-refractivity contribution in [2.45, 2.75) is 18.4 Å². The number of nitrogens with zero attached hydrogens (tertiary/aromatic N) is 1. The van der Waals surface area contributed by atoms with E-state index in [0.29, 0.717) is 11.3 Å². The maximum Gasteiger partial charge on any atom is 0.258 e. The van der Waals surface area contributed by atoms with Gasteiger partial charge in [0.2, 0.25) is 0 Å². The highest BCUT2D eigenvalue weighted by atomic mass is 32.2. The number of aryl methyl sites for hydroxylation is 1. The van der Waals surface area contributed by atoms with Crippen molar-refractivity contribution in [3.05, 3.63) is 59.2 Å². The van der Waals surface area contributed by atoms with Crippen LogP contribution in [0, 0.1) is 6.92 Å². The Kier molecular flexibility index (Phi) is 6.22. The van der Waals surface area contributed by atoms with Crippen molar-refractivity contribution in [1.29, 1.82) is 0 Å². The number of carbonyl (C=O) groups excluding carboxylic acids is 1. The summed E-state index contributed by atoms with van der Waals surface area (Å²) < 4.78 is 5.45. The zero-order chi connectivity index (χ0) is 18.5. The van der Waals surface area contributed by atoms with Crippen LogP contribution in [0.1, 0.15) is 21.5 Å². The highest BCUT2D eigenvalue weighted by Gasteiger charge is 2.26. The Labute approximate surface area is 160 Å². The van der Waals surface area contributed by atoms with Crippen molar-refractivity contribution in [1.82, 2.24) is 4.90 Å². The first-order valence-corrected chi connectivity index (χ1v) is 10.2. The van der Waals surface area contributed by atoms with Gasteiger partial charge >= 0.3 is 0 Å². The maximum atomic E-state index is 12.9. The predicted octanol–water partition coefficient (Wildman–Crippen LogP) is 2.27. The molecule has 0 atom stereocenters. The standard InChI is InChI=1S/C21H26N2O2S/c1-16-6-4-5-7-17(16)15-22-10-12-23(13-11-22)21(24)19-9-8-18(26-3)14-20(19)25-2/h4-9,14H,10-13,15H2,1-3H3/p+1. The molecule has 2 aromatic rings. The molecule has 0 saturated carbocycles. The monoisotopic (exact) mass is 371 g/mol. The Bertz CT molecular complexity index is 770. The molecule has 2 aromatic carbocycles. The Morgan fingerprint density at radius 1 is 1.19 bits per heavy atom. The molecule has 0 spiro atoms. The highest BCUT2D eigenvalue weighted by molar-refractivity contribution is 7.98. The first-order chi connectivity index (χ1) is 12.6. The van der Waals surface area contributed by atoms with Gasteiger partial charge in [0.05, 0.1) is 38.9 Å². The van der Waals surface area contributed by atoms with Crippen LogP contribution in [0.25, 0.3) is 0 Å². The minimum absolute atomic E-state index is 0.0736. The van der Waals surface area contributed by atoms with Crippen LogP contribution in [0.5, 0.6) is 5.75 Å². The lowest BCUT2D eigenvalue weighted by atomic mass is 10.1. The quantitative estimate of drug-likeness (QED) is 0.819. The molecule has 1 aliphatic heterocycles. The average Bonchev–Trinajstić information content (AvgIpc) is 2.69. The zero-order valence-electron chi connectivity index (χ0n) is 15.7. The normalized spacial score (nSPS) is 15.1. The van der Waals surface area contributed by atoms with Gasteiger partial charge in [0, 0.05) is 10.5 Å². The molecule has 0 aromatic heterocycles. The van der Waals surface area contributed by atoms with Crippen molar-refractivity contribution >= 4 is 17.7 Å². The van der Waals surface area contributed by atoms with Crippen molar-refractivity contribution in [3.8, 4) is 5.75 Å². The smallest absolute Gasteiger partial charge is 0.258 e. The number of hydrogen-bond donors (Lipinski definition) is 1. The van der Waals surface area contributed by atoms with Crippen LogP contribution < -0.4 is 9.64 Å². The number of thioether (sulfide) groups is 1. The number of quaternary nitrogens is 1. The second kappa shape index (κ2) is 8.60. The van der Waals surface area contributed by atoms with Crippen LogP contribution in [0.2, 0.25) is 0 Å². The minimum atomic E-state index is 0.0736. The lowest BCUT2D eigenvalue weighted by Gasteiger charge is -2.32. The minimum Gasteiger partial charge on any atom is -0.496 e. The van der Waals surface area contributed by atoms with E-state index in [9.17, 15) is 4.79 Å². The lowest BCUT2D eigenvalue weighted by Crippen LogP contribution is -3.13. The van der Waals surface area contributed by atoms with E-state index in [1.54, 1.807) is 18.9 Å². The number of ether oxygens (including phenoxy) is 1. The van der Waals surface area contributed by atoms with Gasteiger partial charge in [0.15, 0.2) is 0 Å². The van der Waals surface area contributed by atoms with E-state index in [1.807, 2.05) is 29.4 Å². The van der Waals surface area contributed by atoms with E-state index in [-0.39, 0.29) is 5.91 Å². The molecule has 1 N–H and O–H groups in total. The summed E-state index contributed by atoms with van der Waals surface area (Å²) in [7, 11) is 1.63. The van der Waals surface area contributed by atoms with E-state index in [0.717, 1.165) is 37.6 Å². The summed E-state index contributed by atoms with van der Waals surface area (Å²) in [5.41, 5.74) is 3.40. The third kappa shape index (κ3) is 4.22. The SMILES string of the molecule is COc1cc(SC)ccc1C(=O)N1CC[NH+](Cc2ccccc2C)CC1. The lowest BCUT2D eigenvalue weighted by molar-refractivity contribution is -0.917. The molecular formula is C21H27N2O2S+. The number of hydrogen-bond acceptors (Lipinski definition) is 3. The summed E-state index contributed by atoms with van der Waals surface area (Å²) in [6.07, 6.45) is 2.02. The molecule has 26 heavy (non-hydrogen) atoms. The number of methoxy groups -OCH3 is 1. The molecular weight excluding hydrogens is 344 g/mol. The number of benzene rings is 2. The second-order valence-corrected chi connectivity index (χ2v) is 7.59.